The summed E-state index contributed by atoms with van der Waals surface area (Å²) in [5, 5.41) is 0.764. The Morgan fingerprint density at radius 3 is 2.42 bits per heavy atom. The van der Waals surface area contributed by atoms with Gasteiger partial charge in [0.1, 0.15) is 16.7 Å². The number of hydrogen-bond acceptors (Lipinski definition) is 8. The van der Waals surface area contributed by atoms with Crippen LogP contribution >= 0.6 is 0 Å². The van der Waals surface area contributed by atoms with E-state index in [9.17, 15) is 14.4 Å². The zero-order chi connectivity index (χ0) is 21.7. The molecule has 31 heavy (non-hydrogen) atoms. The summed E-state index contributed by atoms with van der Waals surface area (Å²) in [6, 6.07) is 13.4. The summed E-state index contributed by atoms with van der Waals surface area (Å²) in [4.78, 5) is 38.9. The Labute approximate surface area is 174 Å². The van der Waals surface area contributed by atoms with Crippen molar-refractivity contribution in [2.45, 2.75) is 5.92 Å². The van der Waals surface area contributed by atoms with E-state index in [-0.39, 0.29) is 33.9 Å². The van der Waals surface area contributed by atoms with E-state index in [1.165, 1.54) is 13.4 Å². The van der Waals surface area contributed by atoms with Crippen molar-refractivity contribution in [3.8, 4) is 5.75 Å². The first kappa shape index (κ1) is 18.7. The molecule has 1 aliphatic heterocycles. The summed E-state index contributed by atoms with van der Waals surface area (Å²) < 4.78 is 21.6. The molecule has 154 valence electrons. The molecule has 0 bridgehead atoms. The average Bonchev–Trinajstić information content (AvgIpc) is 2.78. The fourth-order valence-corrected chi connectivity index (χ4v) is 3.88. The minimum absolute atomic E-state index is 0.0316. The fraction of sp³-hybridized carbons (Fsp3) is 0.0870. The standard InChI is InChI=1S/C23H15NO7/c1-28-22(26)18-16(13-10-29-14-8-4-2-6-11(14)19(13)25)17-20(31-21(18)24)12-7-3-5-9-15(12)30-23(17)27/h2-10,16H,24H2,1H3. The molecule has 8 heteroatoms. The molecule has 2 aromatic heterocycles. The second kappa shape index (κ2) is 6.88. The molecule has 0 aliphatic carbocycles. The van der Waals surface area contributed by atoms with Crippen LogP contribution in [0.5, 0.6) is 5.75 Å². The molecular formula is C23H15NO7. The second-order valence-electron chi connectivity index (χ2n) is 6.95. The van der Waals surface area contributed by atoms with Crippen LogP contribution < -0.4 is 21.5 Å². The van der Waals surface area contributed by atoms with Crippen molar-refractivity contribution >= 4 is 27.9 Å². The number of ether oxygens (including phenoxy) is 2. The Bertz CT molecular complexity index is 1530. The summed E-state index contributed by atoms with van der Waals surface area (Å²) in [7, 11) is 1.17. The van der Waals surface area contributed by atoms with Gasteiger partial charge in [-0.05, 0) is 24.3 Å². The predicted octanol–water partition coefficient (Wildman–Crippen LogP) is 2.77. The second-order valence-corrected chi connectivity index (χ2v) is 6.95. The zero-order valence-corrected chi connectivity index (χ0v) is 16.2. The Kier molecular flexibility index (Phi) is 4.14. The molecule has 1 aliphatic rings. The number of para-hydroxylation sites is 2. The normalized spacial score (nSPS) is 15.6. The molecule has 0 spiro atoms. The number of carbonyl (C=O) groups is 1. The number of esters is 1. The summed E-state index contributed by atoms with van der Waals surface area (Å²) >= 11 is 0. The largest absolute Gasteiger partial charge is 0.465 e. The molecule has 1 unspecified atom stereocenters. The highest BCUT2D eigenvalue weighted by atomic mass is 16.5. The number of fused-ring (bicyclic) bond motifs is 4. The molecule has 2 N–H and O–H groups in total. The lowest BCUT2D eigenvalue weighted by molar-refractivity contribution is -0.136. The molecule has 5 rings (SSSR count). The van der Waals surface area contributed by atoms with Gasteiger partial charge in [0, 0.05) is 5.56 Å². The van der Waals surface area contributed by atoms with Crippen LogP contribution in [0.1, 0.15) is 17.0 Å². The quantitative estimate of drug-likeness (QED) is 0.390. The number of carbonyl (C=O) groups excluding carboxylic acids is 1. The lowest BCUT2D eigenvalue weighted by atomic mass is 9.83. The highest BCUT2D eigenvalue weighted by Crippen LogP contribution is 2.43. The highest BCUT2D eigenvalue weighted by Gasteiger charge is 2.40. The predicted molar refractivity (Wildman–Crippen MR) is 111 cm³/mol. The number of hydrogen-bond donors (Lipinski definition) is 1. The van der Waals surface area contributed by atoms with E-state index in [1.807, 2.05) is 0 Å². The van der Waals surface area contributed by atoms with Gasteiger partial charge in [-0.2, -0.15) is 0 Å². The molecule has 1 atom stereocenters. The molecule has 8 nitrogen and oxygen atoms in total. The van der Waals surface area contributed by atoms with E-state index in [1.54, 1.807) is 48.5 Å². The van der Waals surface area contributed by atoms with Gasteiger partial charge < -0.3 is 24.0 Å². The number of rotatable bonds is 2. The summed E-state index contributed by atoms with van der Waals surface area (Å²) in [5.41, 5.74) is 5.39. The van der Waals surface area contributed by atoms with Gasteiger partial charge in [0.2, 0.25) is 5.88 Å². The molecule has 0 saturated heterocycles. The maximum absolute atomic E-state index is 13.3. The third-order valence-corrected chi connectivity index (χ3v) is 5.28. The van der Waals surface area contributed by atoms with Crippen molar-refractivity contribution < 1.29 is 23.1 Å². The van der Waals surface area contributed by atoms with Crippen molar-refractivity contribution in [3.63, 3.8) is 0 Å². The first-order chi connectivity index (χ1) is 15.0. The first-order valence-corrected chi connectivity index (χ1v) is 9.33. The van der Waals surface area contributed by atoms with Gasteiger partial charge in [-0.1, -0.05) is 24.3 Å². The van der Waals surface area contributed by atoms with Gasteiger partial charge >= 0.3 is 11.6 Å². The Hall–Kier alpha value is -4.33. The number of benzene rings is 2. The Morgan fingerprint density at radius 2 is 1.68 bits per heavy atom. The van der Waals surface area contributed by atoms with E-state index in [0.29, 0.717) is 16.4 Å². The minimum Gasteiger partial charge on any atom is -0.465 e. The van der Waals surface area contributed by atoms with Crippen molar-refractivity contribution in [3.05, 3.63) is 98.0 Å². The van der Waals surface area contributed by atoms with Crippen LogP contribution in [0.15, 0.2) is 84.7 Å². The first-order valence-electron chi connectivity index (χ1n) is 9.33. The van der Waals surface area contributed by atoms with Crippen LogP contribution in [-0.4, -0.2) is 13.1 Å². The van der Waals surface area contributed by atoms with Gasteiger partial charge in [0.05, 0.1) is 35.6 Å². The summed E-state index contributed by atoms with van der Waals surface area (Å²) in [6.45, 7) is 0. The van der Waals surface area contributed by atoms with Crippen LogP contribution in [0.2, 0.25) is 0 Å². The number of nitrogens with two attached hydrogens (primary N) is 1. The third-order valence-electron chi connectivity index (χ3n) is 5.28. The van der Waals surface area contributed by atoms with Crippen molar-refractivity contribution in [2.24, 2.45) is 5.73 Å². The van der Waals surface area contributed by atoms with E-state index >= 15 is 0 Å². The monoisotopic (exact) mass is 417 g/mol. The maximum atomic E-state index is 13.3. The maximum Gasteiger partial charge on any atom is 0.344 e. The van der Waals surface area contributed by atoms with Crippen LogP contribution in [-0.2, 0) is 9.53 Å². The van der Waals surface area contributed by atoms with Crippen LogP contribution in [0.3, 0.4) is 0 Å². The summed E-state index contributed by atoms with van der Waals surface area (Å²) in [5.74, 6) is -2.19. The highest BCUT2D eigenvalue weighted by molar-refractivity contribution is 5.95. The van der Waals surface area contributed by atoms with Crippen molar-refractivity contribution in [1.29, 1.82) is 0 Å². The number of methoxy groups -OCH3 is 1. The molecule has 0 fully saturated rings. The van der Waals surface area contributed by atoms with Gasteiger partial charge in [-0.15, -0.1) is 0 Å². The van der Waals surface area contributed by atoms with Gasteiger partial charge in [0.25, 0.3) is 0 Å². The molecule has 3 heterocycles. The van der Waals surface area contributed by atoms with Gasteiger partial charge in [-0.3, -0.25) is 4.79 Å². The van der Waals surface area contributed by atoms with Crippen LogP contribution in [0, 0.1) is 0 Å². The Balaban J connectivity index is 1.90. The van der Waals surface area contributed by atoms with Gasteiger partial charge in [0.15, 0.2) is 11.2 Å². The topological polar surface area (TPSA) is 122 Å². The molecule has 0 saturated carbocycles. The van der Waals surface area contributed by atoms with Gasteiger partial charge in [-0.25, -0.2) is 9.59 Å². The lowest BCUT2D eigenvalue weighted by Crippen LogP contribution is -2.32. The minimum atomic E-state index is -1.20. The van der Waals surface area contributed by atoms with Crippen LogP contribution in [0.25, 0.3) is 21.9 Å². The van der Waals surface area contributed by atoms with Crippen molar-refractivity contribution in [1.82, 2.24) is 0 Å². The van der Waals surface area contributed by atoms with Crippen molar-refractivity contribution in [2.75, 3.05) is 7.11 Å². The molecular weight excluding hydrogens is 402 g/mol. The van der Waals surface area contributed by atoms with E-state index in [4.69, 9.17) is 24.0 Å². The molecule has 2 aromatic carbocycles. The molecule has 0 amide bonds. The Morgan fingerprint density at radius 1 is 1.00 bits per heavy atom. The molecule has 0 radical (unpaired) electrons. The third kappa shape index (κ3) is 2.72. The van der Waals surface area contributed by atoms with E-state index < -0.39 is 22.9 Å². The zero-order valence-electron chi connectivity index (χ0n) is 16.2. The smallest absolute Gasteiger partial charge is 0.344 e. The summed E-state index contributed by atoms with van der Waals surface area (Å²) in [6.07, 6.45) is 1.22. The fourth-order valence-electron chi connectivity index (χ4n) is 3.88. The molecule has 4 aromatic rings. The van der Waals surface area contributed by atoms with Crippen LogP contribution in [0.4, 0.5) is 0 Å². The average molecular weight is 417 g/mol. The van der Waals surface area contributed by atoms with E-state index in [0.717, 1.165) is 0 Å². The SMILES string of the molecule is COC(=O)C1=C(N)Oc2c(c(=O)oc3ccccc23)C1c1coc2ccccc2c1=O. The van der Waals surface area contributed by atoms with E-state index in [2.05, 4.69) is 0 Å². The lowest BCUT2D eigenvalue weighted by Gasteiger charge is -2.27.